The fourth-order valence-electron chi connectivity index (χ4n) is 1.98. The van der Waals surface area contributed by atoms with Gasteiger partial charge >= 0.3 is 5.97 Å². The molecule has 0 amide bonds. The van der Waals surface area contributed by atoms with Gasteiger partial charge in [-0.1, -0.05) is 38.5 Å². The van der Waals surface area contributed by atoms with Crippen LogP contribution >= 0.6 is 0 Å². The molecule has 0 bridgehead atoms. The van der Waals surface area contributed by atoms with E-state index in [-0.39, 0.29) is 18.0 Å². The molecule has 0 N–H and O–H groups in total. The summed E-state index contributed by atoms with van der Waals surface area (Å²) in [4.78, 5) is 16.4. The molecule has 2 rings (SSSR count). The third kappa shape index (κ3) is 3.72. The zero-order valence-corrected chi connectivity index (χ0v) is 13.2. The second-order valence-corrected chi connectivity index (χ2v) is 6.29. The number of benzene rings is 1. The monoisotopic (exact) mass is 287 g/mol. The maximum Gasteiger partial charge on any atom is 0.338 e. The lowest BCUT2D eigenvalue weighted by Gasteiger charge is -2.11. The first-order valence-corrected chi connectivity index (χ1v) is 6.96. The fourth-order valence-corrected chi connectivity index (χ4v) is 1.98. The van der Waals surface area contributed by atoms with Gasteiger partial charge in [0, 0.05) is 5.41 Å². The number of rotatable bonds is 3. The number of esters is 1. The minimum Gasteiger partial charge on any atom is -0.455 e. The molecule has 0 spiro atoms. The summed E-state index contributed by atoms with van der Waals surface area (Å²) < 4.78 is 10.7. The third-order valence-corrected chi connectivity index (χ3v) is 3.15. The zero-order valence-electron chi connectivity index (χ0n) is 13.2. The number of carbonyl (C=O) groups excluding carboxylic acids is 1. The Morgan fingerprint density at radius 1 is 1.29 bits per heavy atom. The van der Waals surface area contributed by atoms with Crippen LogP contribution < -0.4 is 0 Å². The molecule has 4 nitrogen and oxygen atoms in total. The lowest BCUT2D eigenvalue weighted by Crippen LogP contribution is -2.12. The Kier molecular flexibility index (Phi) is 4.16. The quantitative estimate of drug-likeness (QED) is 0.802. The molecule has 1 aromatic heterocycles. The second-order valence-electron chi connectivity index (χ2n) is 6.29. The normalized spacial score (nSPS) is 11.5. The topological polar surface area (TPSA) is 52.3 Å². The van der Waals surface area contributed by atoms with Crippen LogP contribution in [0.1, 0.15) is 53.8 Å². The van der Waals surface area contributed by atoms with Crippen LogP contribution in [0.2, 0.25) is 0 Å². The van der Waals surface area contributed by atoms with Gasteiger partial charge in [0.1, 0.15) is 18.6 Å². The molecule has 2 aromatic rings. The van der Waals surface area contributed by atoms with Gasteiger partial charge in [-0.05, 0) is 25.5 Å². The Hall–Kier alpha value is -2.10. The average molecular weight is 287 g/mol. The Morgan fingerprint density at radius 2 is 2.00 bits per heavy atom. The summed E-state index contributed by atoms with van der Waals surface area (Å²) in [7, 11) is 0. The van der Waals surface area contributed by atoms with Gasteiger partial charge in [-0.15, -0.1) is 0 Å². The number of aromatic nitrogens is 1. The molecule has 4 heteroatoms. The number of hydrogen-bond acceptors (Lipinski definition) is 4. The third-order valence-electron chi connectivity index (χ3n) is 3.15. The minimum atomic E-state index is -0.340. The molecule has 0 aliphatic rings. The van der Waals surface area contributed by atoms with Crippen LogP contribution in [0.4, 0.5) is 0 Å². The summed E-state index contributed by atoms with van der Waals surface area (Å²) in [5.74, 6) is 0.299. The van der Waals surface area contributed by atoms with Gasteiger partial charge in [-0.25, -0.2) is 9.78 Å². The van der Waals surface area contributed by atoms with Gasteiger partial charge in [-0.2, -0.15) is 0 Å². The first-order valence-electron chi connectivity index (χ1n) is 6.96. The van der Waals surface area contributed by atoms with Crippen LogP contribution in [0.3, 0.4) is 0 Å². The molecule has 0 aliphatic heterocycles. The van der Waals surface area contributed by atoms with Crippen molar-refractivity contribution in [3.63, 3.8) is 0 Å². The van der Waals surface area contributed by atoms with E-state index in [1.165, 1.54) is 6.26 Å². The summed E-state index contributed by atoms with van der Waals surface area (Å²) in [5, 5.41) is 0. The lowest BCUT2D eigenvalue weighted by molar-refractivity contribution is 0.0467. The molecule has 0 aliphatic carbocycles. The number of aryl methyl sites for hydroxylation is 2. The number of carbonyl (C=O) groups is 1. The first kappa shape index (κ1) is 15.3. The van der Waals surface area contributed by atoms with Crippen molar-refractivity contribution in [2.24, 2.45) is 0 Å². The highest BCUT2D eigenvalue weighted by Crippen LogP contribution is 2.21. The molecule has 1 heterocycles. The van der Waals surface area contributed by atoms with E-state index in [4.69, 9.17) is 9.15 Å². The lowest BCUT2D eigenvalue weighted by atomic mass is 9.97. The van der Waals surface area contributed by atoms with Gasteiger partial charge in [0.05, 0.1) is 5.56 Å². The van der Waals surface area contributed by atoms with Crippen molar-refractivity contribution in [1.29, 1.82) is 0 Å². The van der Waals surface area contributed by atoms with Crippen molar-refractivity contribution < 1.29 is 13.9 Å². The van der Waals surface area contributed by atoms with E-state index in [9.17, 15) is 4.79 Å². The van der Waals surface area contributed by atoms with E-state index < -0.39 is 0 Å². The molecule has 0 unspecified atom stereocenters. The van der Waals surface area contributed by atoms with Gasteiger partial charge in [0.2, 0.25) is 0 Å². The van der Waals surface area contributed by atoms with Crippen molar-refractivity contribution in [2.45, 2.75) is 46.6 Å². The average Bonchev–Trinajstić information content (AvgIpc) is 2.84. The van der Waals surface area contributed by atoms with Crippen LogP contribution in [0, 0.1) is 13.8 Å². The standard InChI is InChI=1S/C17H21NO3/c1-11-6-7-14(12(2)8-11)15(19)20-9-13-10-21-16(18-13)17(3,4)5/h6-8,10H,9H2,1-5H3. The van der Waals surface area contributed by atoms with E-state index in [1.54, 1.807) is 6.07 Å². The Balaban J connectivity index is 2.03. The SMILES string of the molecule is Cc1ccc(C(=O)OCc2coc(C(C)(C)C)n2)c(C)c1. The van der Waals surface area contributed by atoms with Gasteiger partial charge in [0.25, 0.3) is 0 Å². The van der Waals surface area contributed by atoms with Crippen molar-refractivity contribution in [3.8, 4) is 0 Å². The molecule has 0 saturated heterocycles. The van der Waals surface area contributed by atoms with Crippen LogP contribution in [-0.4, -0.2) is 11.0 Å². The van der Waals surface area contributed by atoms with E-state index in [0.717, 1.165) is 11.1 Å². The predicted octanol–water partition coefficient (Wildman–Crippen LogP) is 3.95. The molecule has 0 atom stereocenters. The number of oxazole rings is 1. The summed E-state index contributed by atoms with van der Waals surface area (Å²) >= 11 is 0. The largest absolute Gasteiger partial charge is 0.455 e. The molecular weight excluding hydrogens is 266 g/mol. The zero-order chi connectivity index (χ0) is 15.6. The van der Waals surface area contributed by atoms with Crippen LogP contribution in [0.25, 0.3) is 0 Å². The Labute approximate surface area is 125 Å². The van der Waals surface area contributed by atoms with Crippen molar-refractivity contribution in [1.82, 2.24) is 4.98 Å². The Bertz CT molecular complexity index is 650. The maximum absolute atomic E-state index is 12.1. The van der Waals surface area contributed by atoms with Gasteiger partial charge in [0.15, 0.2) is 5.89 Å². The van der Waals surface area contributed by atoms with E-state index in [2.05, 4.69) is 4.98 Å². The number of nitrogens with zero attached hydrogens (tertiary/aromatic N) is 1. The molecule has 0 saturated carbocycles. The highest BCUT2D eigenvalue weighted by molar-refractivity contribution is 5.91. The molecule has 0 fully saturated rings. The second kappa shape index (κ2) is 5.72. The molecule has 112 valence electrons. The van der Waals surface area contributed by atoms with E-state index >= 15 is 0 Å². The smallest absolute Gasteiger partial charge is 0.338 e. The van der Waals surface area contributed by atoms with E-state index in [1.807, 2.05) is 46.8 Å². The first-order chi connectivity index (χ1) is 9.77. The van der Waals surface area contributed by atoms with Crippen molar-refractivity contribution >= 4 is 5.97 Å². The molecule has 1 aromatic carbocycles. The maximum atomic E-state index is 12.1. The van der Waals surface area contributed by atoms with Crippen LogP contribution in [0.5, 0.6) is 0 Å². The molecule has 0 radical (unpaired) electrons. The van der Waals surface area contributed by atoms with Crippen molar-refractivity contribution in [3.05, 3.63) is 52.7 Å². The highest BCUT2D eigenvalue weighted by atomic mass is 16.5. The Morgan fingerprint density at radius 3 is 2.57 bits per heavy atom. The predicted molar refractivity (Wildman–Crippen MR) is 80.2 cm³/mol. The fraction of sp³-hybridized carbons (Fsp3) is 0.412. The van der Waals surface area contributed by atoms with Crippen molar-refractivity contribution in [2.75, 3.05) is 0 Å². The number of hydrogen-bond donors (Lipinski definition) is 0. The highest BCUT2D eigenvalue weighted by Gasteiger charge is 2.20. The molecular formula is C17H21NO3. The summed E-state index contributed by atoms with van der Waals surface area (Å²) in [6.07, 6.45) is 1.54. The van der Waals surface area contributed by atoms with Gasteiger partial charge < -0.3 is 9.15 Å². The van der Waals surface area contributed by atoms with E-state index in [0.29, 0.717) is 17.1 Å². The summed E-state index contributed by atoms with van der Waals surface area (Å²) in [6.45, 7) is 10.1. The van der Waals surface area contributed by atoms with Gasteiger partial charge in [-0.3, -0.25) is 0 Å². The van der Waals surface area contributed by atoms with Crippen LogP contribution in [-0.2, 0) is 16.8 Å². The molecule has 21 heavy (non-hydrogen) atoms. The number of ether oxygens (including phenoxy) is 1. The van der Waals surface area contributed by atoms with Crippen LogP contribution in [0.15, 0.2) is 28.9 Å². The summed E-state index contributed by atoms with van der Waals surface area (Å²) in [5.41, 5.74) is 3.08. The summed E-state index contributed by atoms with van der Waals surface area (Å²) in [6, 6.07) is 5.65. The minimum absolute atomic E-state index is 0.117.